The highest BCUT2D eigenvalue weighted by Gasteiger charge is 2.27. The Bertz CT molecular complexity index is 1930. The van der Waals surface area contributed by atoms with E-state index in [2.05, 4.69) is 26.4 Å². The number of thiophene rings is 1. The van der Waals surface area contributed by atoms with Crippen LogP contribution in [0.3, 0.4) is 0 Å². The van der Waals surface area contributed by atoms with E-state index in [1.165, 1.54) is 11.3 Å². The molecule has 2 fully saturated rings. The van der Waals surface area contributed by atoms with Crippen LogP contribution in [0.15, 0.2) is 51.1 Å². The third-order valence-electron chi connectivity index (χ3n) is 8.90. The van der Waals surface area contributed by atoms with Gasteiger partial charge < -0.3 is 28.8 Å². The van der Waals surface area contributed by atoms with Crippen LogP contribution < -0.4 is 10.3 Å². The van der Waals surface area contributed by atoms with Crippen molar-refractivity contribution < 1.29 is 14.3 Å². The van der Waals surface area contributed by atoms with E-state index in [1.54, 1.807) is 37.3 Å². The van der Waals surface area contributed by atoms with Crippen molar-refractivity contribution >= 4 is 44.4 Å². The Kier molecular flexibility index (Phi) is 7.37. The van der Waals surface area contributed by atoms with Crippen LogP contribution in [-0.4, -0.2) is 82.7 Å². The highest BCUT2D eigenvalue weighted by atomic mass is 32.1. The Morgan fingerprint density at radius 3 is 2.59 bits per heavy atom. The number of anilines is 1. The van der Waals surface area contributed by atoms with Crippen LogP contribution in [0.5, 0.6) is 5.75 Å². The molecule has 1 amide bonds. The highest BCUT2D eigenvalue weighted by Crippen LogP contribution is 2.39. The fourth-order valence-corrected chi connectivity index (χ4v) is 7.35. The molecule has 1 saturated heterocycles. The molecule has 0 atom stereocenters. The monoisotopic (exact) mass is 612 g/mol. The maximum atomic E-state index is 13.0. The summed E-state index contributed by atoms with van der Waals surface area (Å²) in [7, 11) is 5.62. The van der Waals surface area contributed by atoms with Gasteiger partial charge in [-0.1, -0.05) is 25.0 Å². The van der Waals surface area contributed by atoms with E-state index >= 15 is 0 Å². The molecule has 11 heteroatoms. The topological polar surface area (TPSA) is 108 Å². The molecule has 5 heterocycles. The third-order valence-corrected chi connectivity index (χ3v) is 9.88. The van der Waals surface area contributed by atoms with Gasteiger partial charge in [0.1, 0.15) is 27.6 Å². The van der Waals surface area contributed by atoms with E-state index in [9.17, 15) is 14.7 Å². The van der Waals surface area contributed by atoms with Gasteiger partial charge in [-0.15, -0.1) is 11.3 Å². The lowest BCUT2D eigenvalue weighted by Crippen LogP contribution is -2.44. The predicted octanol–water partition coefficient (Wildman–Crippen LogP) is 5.13. The van der Waals surface area contributed by atoms with Gasteiger partial charge in [0.05, 0.1) is 0 Å². The number of carbonyl (C=O) groups is 1. The molecule has 10 nitrogen and oxygen atoms in total. The summed E-state index contributed by atoms with van der Waals surface area (Å²) in [6, 6.07) is 9.27. The van der Waals surface area contributed by atoms with Crippen molar-refractivity contribution in [1.82, 2.24) is 24.3 Å². The largest absolute Gasteiger partial charge is 0.507 e. The second-order valence-corrected chi connectivity index (χ2v) is 13.1. The number of rotatable bonds is 6. The predicted molar refractivity (Wildman–Crippen MR) is 173 cm³/mol. The van der Waals surface area contributed by atoms with Gasteiger partial charge in [0.15, 0.2) is 11.5 Å². The van der Waals surface area contributed by atoms with Gasteiger partial charge in [-0.3, -0.25) is 9.59 Å². The minimum absolute atomic E-state index is 0.0376. The Morgan fingerprint density at radius 1 is 1.09 bits per heavy atom. The molecule has 228 valence electrons. The van der Waals surface area contributed by atoms with Crippen LogP contribution in [0.4, 0.5) is 5.88 Å². The minimum Gasteiger partial charge on any atom is -0.507 e. The lowest BCUT2D eigenvalue weighted by molar-refractivity contribution is 0.0815. The van der Waals surface area contributed by atoms with Gasteiger partial charge in [-0.25, -0.2) is 9.97 Å². The van der Waals surface area contributed by atoms with Gasteiger partial charge in [-0.05, 0) is 37.6 Å². The molecule has 44 heavy (non-hydrogen) atoms. The van der Waals surface area contributed by atoms with E-state index in [0.717, 1.165) is 68.5 Å². The fraction of sp³-hybridized carbons (Fsp3) is 0.394. The average molecular weight is 613 g/mol. The van der Waals surface area contributed by atoms with Crippen LogP contribution in [-0.2, 0) is 6.42 Å². The van der Waals surface area contributed by atoms with Crippen molar-refractivity contribution in [3.8, 4) is 16.9 Å². The lowest BCUT2D eigenvalue weighted by atomic mass is 10.0. The van der Waals surface area contributed by atoms with Crippen LogP contribution in [0, 0.1) is 0 Å². The molecule has 2 aliphatic rings. The first-order chi connectivity index (χ1) is 21.3. The fourth-order valence-electron chi connectivity index (χ4n) is 6.45. The third kappa shape index (κ3) is 5.13. The molecular formula is C33H36N6O4S. The van der Waals surface area contributed by atoms with Crippen molar-refractivity contribution in [2.75, 3.05) is 52.2 Å². The summed E-state index contributed by atoms with van der Waals surface area (Å²) in [4.78, 5) is 41.5. The summed E-state index contributed by atoms with van der Waals surface area (Å²) in [5.41, 5.74) is 4.03. The van der Waals surface area contributed by atoms with E-state index in [4.69, 9.17) is 9.40 Å². The number of nitrogens with zero attached hydrogens (tertiary/aromatic N) is 6. The standard InChI is InChI=1S/C33H36N6O4S/c1-36(2)33(42)25-16-21-18-34-28(35-32(21)39(25)22-6-4-5-7-22)15-20-8-9-23(26(40)14-20)24-19-44-31-27(41)17-29(43-30(24)31)38-12-10-37(3)11-13-38/h8-9,14,16-19,22,40H,4-7,10-13,15H2,1-3H3. The maximum Gasteiger partial charge on any atom is 0.270 e. The van der Waals surface area contributed by atoms with Crippen molar-refractivity contribution in [3.05, 3.63) is 69.2 Å². The first-order valence-electron chi connectivity index (χ1n) is 15.2. The number of aromatic nitrogens is 3. The molecule has 1 saturated carbocycles. The number of benzene rings is 1. The molecule has 1 aromatic carbocycles. The van der Waals surface area contributed by atoms with E-state index in [0.29, 0.717) is 45.2 Å². The quantitative estimate of drug-likeness (QED) is 0.281. The second-order valence-electron chi connectivity index (χ2n) is 12.2. The summed E-state index contributed by atoms with van der Waals surface area (Å²) in [6.07, 6.45) is 6.55. The van der Waals surface area contributed by atoms with Gasteiger partial charge in [0.2, 0.25) is 5.43 Å². The zero-order chi connectivity index (χ0) is 30.5. The number of phenolic OH excluding ortho intramolecular Hbond substituents is 1. The van der Waals surface area contributed by atoms with Gasteiger partial charge in [-0.2, -0.15) is 0 Å². The van der Waals surface area contributed by atoms with Crippen LogP contribution >= 0.6 is 11.3 Å². The second kappa shape index (κ2) is 11.4. The molecule has 0 radical (unpaired) electrons. The SMILES string of the molecule is CN1CCN(c2cc(=O)c3scc(-c4ccc(Cc5ncc6cc(C(=O)N(C)C)n(C7CCCC7)c6n5)cc4O)c3o2)CC1. The molecular weight excluding hydrogens is 576 g/mol. The number of hydrogen-bond acceptors (Lipinski definition) is 9. The highest BCUT2D eigenvalue weighted by molar-refractivity contribution is 7.17. The number of carbonyl (C=O) groups excluding carboxylic acids is 1. The molecule has 0 bridgehead atoms. The number of phenols is 1. The molecule has 1 aliphatic carbocycles. The van der Waals surface area contributed by atoms with Crippen LogP contribution in [0.2, 0.25) is 0 Å². The summed E-state index contributed by atoms with van der Waals surface area (Å²) < 4.78 is 8.96. The Hall–Kier alpha value is -4.22. The van der Waals surface area contributed by atoms with Crippen molar-refractivity contribution in [3.63, 3.8) is 0 Å². The maximum absolute atomic E-state index is 13.0. The van der Waals surface area contributed by atoms with E-state index in [-0.39, 0.29) is 23.1 Å². The first-order valence-corrected chi connectivity index (χ1v) is 16.0. The van der Waals surface area contributed by atoms with Crippen molar-refractivity contribution in [2.24, 2.45) is 0 Å². The molecule has 7 rings (SSSR count). The molecule has 1 N–H and O–H groups in total. The summed E-state index contributed by atoms with van der Waals surface area (Å²) in [5, 5.41) is 13.9. The number of likely N-dealkylation sites (N-methyl/N-ethyl adjacent to an activating group) is 1. The Balaban J connectivity index is 1.20. The molecule has 1 aliphatic heterocycles. The first kappa shape index (κ1) is 28.5. The van der Waals surface area contributed by atoms with Crippen molar-refractivity contribution in [1.29, 1.82) is 0 Å². The van der Waals surface area contributed by atoms with Gasteiger partial charge in [0.25, 0.3) is 5.91 Å². The normalized spacial score (nSPS) is 16.4. The Morgan fingerprint density at radius 2 is 1.86 bits per heavy atom. The van der Waals surface area contributed by atoms with Crippen molar-refractivity contribution in [2.45, 2.75) is 38.1 Å². The lowest BCUT2D eigenvalue weighted by Gasteiger charge is -2.32. The number of hydrogen-bond donors (Lipinski definition) is 1. The summed E-state index contributed by atoms with van der Waals surface area (Å²) >= 11 is 1.33. The van der Waals surface area contributed by atoms with Crippen LogP contribution in [0.25, 0.3) is 32.4 Å². The summed E-state index contributed by atoms with van der Waals surface area (Å²) in [5.74, 6) is 1.25. The molecule has 5 aromatic rings. The smallest absolute Gasteiger partial charge is 0.270 e. The van der Waals surface area contributed by atoms with E-state index in [1.807, 2.05) is 23.6 Å². The van der Waals surface area contributed by atoms with Gasteiger partial charge >= 0.3 is 0 Å². The van der Waals surface area contributed by atoms with E-state index < -0.39 is 0 Å². The minimum atomic E-state index is -0.0714. The van der Waals surface area contributed by atoms with Gasteiger partial charge in [0, 0.05) is 86.9 Å². The number of amides is 1. The molecule has 4 aromatic heterocycles. The number of fused-ring (bicyclic) bond motifs is 2. The Labute approximate surface area is 259 Å². The number of piperazine rings is 1. The van der Waals surface area contributed by atoms with Crippen LogP contribution in [0.1, 0.15) is 53.6 Å². The summed E-state index contributed by atoms with van der Waals surface area (Å²) in [6.45, 7) is 3.38. The molecule has 0 unspecified atom stereocenters. The zero-order valence-electron chi connectivity index (χ0n) is 25.2. The number of aromatic hydroxyl groups is 1. The zero-order valence-corrected chi connectivity index (χ0v) is 26.1. The molecule has 0 spiro atoms. The average Bonchev–Trinajstić information content (AvgIpc) is 3.76.